The molecule has 2 aromatic carbocycles. The van der Waals surface area contributed by atoms with Crippen LogP contribution < -0.4 is 10.1 Å². The first-order chi connectivity index (χ1) is 13.7. The summed E-state index contributed by atoms with van der Waals surface area (Å²) in [4.78, 5) is 13.9. The second-order valence-corrected chi connectivity index (χ2v) is 7.01. The maximum absolute atomic E-state index is 13.0. The van der Waals surface area contributed by atoms with Crippen LogP contribution in [0.1, 0.15) is 17.3 Å². The van der Waals surface area contributed by atoms with Crippen molar-refractivity contribution in [1.29, 1.82) is 0 Å². The van der Waals surface area contributed by atoms with E-state index < -0.39 is 0 Å². The smallest absolute Gasteiger partial charge is 0.259 e. The summed E-state index contributed by atoms with van der Waals surface area (Å²) in [5.74, 6) is 0.575. The monoisotopic (exact) mass is 389 g/mol. The highest BCUT2D eigenvalue weighted by atomic mass is 32.1. The SMILES string of the molecule is CCOc1ccc(NC(=O)c2cn(-c3ccccc3)nc2-c2cccs2)cc1. The summed E-state index contributed by atoms with van der Waals surface area (Å²) in [6.45, 7) is 2.54. The fourth-order valence-electron chi connectivity index (χ4n) is 2.85. The molecule has 0 saturated carbocycles. The number of amides is 1. The van der Waals surface area contributed by atoms with Crippen LogP contribution in [0.5, 0.6) is 5.75 Å². The van der Waals surface area contributed by atoms with E-state index in [2.05, 4.69) is 10.4 Å². The highest BCUT2D eigenvalue weighted by Crippen LogP contribution is 2.28. The summed E-state index contributed by atoms with van der Waals surface area (Å²) in [5, 5.41) is 9.60. The van der Waals surface area contributed by atoms with E-state index in [-0.39, 0.29) is 5.91 Å². The van der Waals surface area contributed by atoms with Gasteiger partial charge in [-0.05, 0) is 54.8 Å². The normalized spacial score (nSPS) is 10.6. The number of aromatic nitrogens is 2. The molecule has 6 heteroatoms. The van der Waals surface area contributed by atoms with Gasteiger partial charge in [0.15, 0.2) is 0 Å². The number of benzene rings is 2. The Morgan fingerprint density at radius 1 is 1.07 bits per heavy atom. The second-order valence-electron chi connectivity index (χ2n) is 6.06. The average Bonchev–Trinajstić information content (AvgIpc) is 3.40. The molecule has 0 radical (unpaired) electrons. The summed E-state index contributed by atoms with van der Waals surface area (Å²) in [6, 6.07) is 21.0. The molecule has 0 fully saturated rings. The highest BCUT2D eigenvalue weighted by molar-refractivity contribution is 7.13. The Hall–Kier alpha value is -3.38. The van der Waals surface area contributed by atoms with Crippen LogP contribution in [-0.4, -0.2) is 22.3 Å². The quantitative estimate of drug-likeness (QED) is 0.490. The van der Waals surface area contributed by atoms with Gasteiger partial charge in [-0.1, -0.05) is 24.3 Å². The van der Waals surface area contributed by atoms with Gasteiger partial charge in [0.2, 0.25) is 0 Å². The third-order valence-electron chi connectivity index (χ3n) is 4.16. The molecule has 0 unspecified atom stereocenters. The number of para-hydroxylation sites is 1. The van der Waals surface area contributed by atoms with Crippen LogP contribution >= 0.6 is 11.3 Å². The number of thiophene rings is 1. The second kappa shape index (κ2) is 8.10. The number of hydrogen-bond donors (Lipinski definition) is 1. The van der Waals surface area contributed by atoms with Crippen molar-refractivity contribution in [2.45, 2.75) is 6.92 Å². The molecule has 0 atom stereocenters. The molecule has 4 rings (SSSR count). The van der Waals surface area contributed by atoms with Crippen LogP contribution in [0.25, 0.3) is 16.3 Å². The molecule has 2 heterocycles. The molecule has 0 bridgehead atoms. The molecule has 140 valence electrons. The van der Waals surface area contributed by atoms with Crippen molar-refractivity contribution < 1.29 is 9.53 Å². The molecular formula is C22H19N3O2S. The molecule has 4 aromatic rings. The number of carbonyl (C=O) groups is 1. The molecule has 2 aromatic heterocycles. The van der Waals surface area contributed by atoms with Crippen LogP contribution in [0.15, 0.2) is 78.3 Å². The van der Waals surface area contributed by atoms with Gasteiger partial charge in [0.25, 0.3) is 5.91 Å². The molecule has 1 amide bonds. The van der Waals surface area contributed by atoms with E-state index >= 15 is 0 Å². The van der Waals surface area contributed by atoms with Gasteiger partial charge in [0.05, 0.1) is 22.7 Å². The van der Waals surface area contributed by atoms with Crippen LogP contribution in [0, 0.1) is 0 Å². The van der Waals surface area contributed by atoms with E-state index in [4.69, 9.17) is 4.74 Å². The fraction of sp³-hybridized carbons (Fsp3) is 0.0909. The van der Waals surface area contributed by atoms with Crippen molar-refractivity contribution in [2.75, 3.05) is 11.9 Å². The standard InChI is InChI=1S/C22H19N3O2S/c1-2-27-18-12-10-16(11-13-18)23-22(26)19-15-25(17-7-4-3-5-8-17)24-21(19)20-9-6-14-28-20/h3-15H,2H2,1H3,(H,23,26). The zero-order valence-electron chi connectivity index (χ0n) is 15.3. The van der Waals surface area contributed by atoms with E-state index in [0.29, 0.717) is 23.6 Å². The lowest BCUT2D eigenvalue weighted by atomic mass is 10.2. The molecule has 0 aliphatic rings. The summed E-state index contributed by atoms with van der Waals surface area (Å²) in [7, 11) is 0. The van der Waals surface area contributed by atoms with E-state index in [1.165, 1.54) is 0 Å². The van der Waals surface area contributed by atoms with Gasteiger partial charge >= 0.3 is 0 Å². The molecule has 0 aliphatic carbocycles. The van der Waals surface area contributed by atoms with Crippen molar-refractivity contribution in [3.8, 4) is 22.0 Å². The van der Waals surface area contributed by atoms with Crippen LogP contribution in [-0.2, 0) is 0 Å². The first-order valence-corrected chi connectivity index (χ1v) is 9.85. The maximum Gasteiger partial charge on any atom is 0.259 e. The van der Waals surface area contributed by atoms with E-state index in [9.17, 15) is 4.79 Å². The first kappa shape index (κ1) is 18.0. The largest absolute Gasteiger partial charge is 0.494 e. The Kier molecular flexibility index (Phi) is 5.21. The minimum absolute atomic E-state index is 0.199. The van der Waals surface area contributed by atoms with E-state index in [1.807, 2.05) is 79.0 Å². The minimum atomic E-state index is -0.199. The molecule has 5 nitrogen and oxygen atoms in total. The first-order valence-electron chi connectivity index (χ1n) is 8.98. The molecule has 28 heavy (non-hydrogen) atoms. The Bertz CT molecular complexity index is 1060. The van der Waals surface area contributed by atoms with Crippen molar-refractivity contribution in [3.63, 3.8) is 0 Å². The molecule has 0 saturated heterocycles. The number of anilines is 1. The van der Waals surface area contributed by atoms with Gasteiger partial charge in [0, 0.05) is 11.9 Å². The third-order valence-corrected chi connectivity index (χ3v) is 5.03. The molecule has 0 spiro atoms. The van der Waals surface area contributed by atoms with Gasteiger partial charge in [-0.25, -0.2) is 4.68 Å². The Morgan fingerprint density at radius 3 is 2.54 bits per heavy atom. The van der Waals surface area contributed by atoms with Crippen molar-refractivity contribution >= 4 is 22.9 Å². The topological polar surface area (TPSA) is 56.1 Å². The van der Waals surface area contributed by atoms with Gasteiger partial charge in [-0.15, -0.1) is 11.3 Å². The number of hydrogen-bond acceptors (Lipinski definition) is 4. The number of carbonyl (C=O) groups excluding carboxylic acids is 1. The Labute approximate surface area is 167 Å². The molecule has 0 aliphatic heterocycles. The maximum atomic E-state index is 13.0. The number of rotatable bonds is 6. The van der Waals surface area contributed by atoms with E-state index in [1.54, 1.807) is 22.2 Å². The summed E-state index contributed by atoms with van der Waals surface area (Å²) in [6.07, 6.45) is 1.77. The van der Waals surface area contributed by atoms with Crippen molar-refractivity contribution in [2.24, 2.45) is 0 Å². The Balaban J connectivity index is 1.65. The van der Waals surface area contributed by atoms with Gasteiger partial charge in [-0.3, -0.25) is 4.79 Å². The van der Waals surface area contributed by atoms with Gasteiger partial charge < -0.3 is 10.1 Å². The third kappa shape index (κ3) is 3.82. The lowest BCUT2D eigenvalue weighted by Crippen LogP contribution is -2.12. The molecule has 1 N–H and O–H groups in total. The molecular weight excluding hydrogens is 370 g/mol. The lowest BCUT2D eigenvalue weighted by molar-refractivity contribution is 0.102. The number of nitrogens with one attached hydrogen (secondary N) is 1. The van der Waals surface area contributed by atoms with Gasteiger partial charge in [-0.2, -0.15) is 5.10 Å². The summed E-state index contributed by atoms with van der Waals surface area (Å²) < 4.78 is 7.18. The predicted molar refractivity (Wildman–Crippen MR) is 112 cm³/mol. The van der Waals surface area contributed by atoms with Crippen molar-refractivity contribution in [1.82, 2.24) is 9.78 Å². The van der Waals surface area contributed by atoms with E-state index in [0.717, 1.165) is 16.3 Å². The van der Waals surface area contributed by atoms with Gasteiger partial charge in [0.1, 0.15) is 11.4 Å². The summed E-state index contributed by atoms with van der Waals surface area (Å²) >= 11 is 1.56. The number of ether oxygens (including phenoxy) is 1. The zero-order chi connectivity index (χ0) is 19.3. The average molecular weight is 389 g/mol. The fourth-order valence-corrected chi connectivity index (χ4v) is 3.57. The van der Waals surface area contributed by atoms with Crippen LogP contribution in [0.2, 0.25) is 0 Å². The zero-order valence-corrected chi connectivity index (χ0v) is 16.1. The lowest BCUT2D eigenvalue weighted by Gasteiger charge is -2.07. The van der Waals surface area contributed by atoms with Crippen molar-refractivity contribution in [3.05, 3.63) is 83.9 Å². The Morgan fingerprint density at radius 2 is 1.86 bits per heavy atom. The predicted octanol–water partition coefficient (Wildman–Crippen LogP) is 5.25. The minimum Gasteiger partial charge on any atom is -0.494 e. The number of nitrogens with zero attached hydrogens (tertiary/aromatic N) is 2. The summed E-state index contributed by atoms with van der Waals surface area (Å²) in [5.41, 5.74) is 2.81. The van der Waals surface area contributed by atoms with Crippen LogP contribution in [0.4, 0.5) is 5.69 Å². The van der Waals surface area contributed by atoms with Crippen LogP contribution in [0.3, 0.4) is 0 Å². The highest BCUT2D eigenvalue weighted by Gasteiger charge is 2.19.